The van der Waals surface area contributed by atoms with Gasteiger partial charge in [0.2, 0.25) is 0 Å². The maximum Gasteiger partial charge on any atom is 0.159 e. The second-order valence-corrected chi connectivity index (χ2v) is 3.95. The van der Waals surface area contributed by atoms with Crippen LogP contribution in [0.3, 0.4) is 0 Å². The Kier molecular flexibility index (Phi) is 3.04. The molecule has 0 bridgehead atoms. The maximum absolute atomic E-state index is 13.2. The zero-order valence-electron chi connectivity index (χ0n) is 6.46. The molecule has 0 aromatic heterocycles. The third-order valence-electron chi connectivity index (χ3n) is 1.59. The minimum Gasteiger partial charge on any atom is -0.205 e. The first-order chi connectivity index (χ1) is 6.00. The van der Waals surface area contributed by atoms with Crippen molar-refractivity contribution in [1.29, 1.82) is 5.26 Å². The highest BCUT2D eigenvalue weighted by Gasteiger charge is 2.18. The van der Waals surface area contributed by atoms with Gasteiger partial charge in [-0.05, 0) is 38.8 Å². The highest BCUT2D eigenvalue weighted by atomic mass is 79.9. The quantitative estimate of drug-likeness (QED) is 0.530. The topological polar surface area (TPSA) is 23.8 Å². The van der Waals surface area contributed by atoms with Crippen LogP contribution in [0.25, 0.3) is 0 Å². The Bertz CT molecular complexity index is 381. The third-order valence-corrected chi connectivity index (χ3v) is 3.28. The first kappa shape index (κ1) is 10.6. The van der Waals surface area contributed by atoms with E-state index in [1.807, 2.05) is 0 Å². The van der Waals surface area contributed by atoms with Gasteiger partial charge in [-0.15, -0.1) is 0 Å². The smallest absolute Gasteiger partial charge is 0.159 e. The summed E-state index contributed by atoms with van der Waals surface area (Å²) in [5, 5.41) is 8.58. The van der Waals surface area contributed by atoms with E-state index in [-0.39, 0.29) is 20.1 Å². The van der Waals surface area contributed by atoms with E-state index in [4.69, 9.17) is 5.26 Å². The van der Waals surface area contributed by atoms with Crippen LogP contribution in [0, 0.1) is 29.9 Å². The molecule has 13 heavy (non-hydrogen) atoms. The monoisotopic (exact) mass is 309 g/mol. The zero-order valence-corrected chi connectivity index (χ0v) is 9.63. The Morgan fingerprint density at radius 2 is 1.69 bits per heavy atom. The molecule has 0 heterocycles. The summed E-state index contributed by atoms with van der Waals surface area (Å²) in [6, 6.07) is 1.65. The molecule has 1 aromatic carbocycles. The minimum atomic E-state index is -0.877. The predicted octanol–water partition coefficient (Wildman–Crippen LogP) is 3.67. The van der Waals surface area contributed by atoms with Gasteiger partial charge in [-0.1, -0.05) is 0 Å². The van der Waals surface area contributed by atoms with Crippen LogP contribution in [0.15, 0.2) is 8.95 Å². The largest absolute Gasteiger partial charge is 0.205 e. The zero-order chi connectivity index (χ0) is 10.2. The average Bonchev–Trinajstić information content (AvgIpc) is 2.13. The molecule has 0 spiro atoms. The molecule has 0 atom stereocenters. The van der Waals surface area contributed by atoms with Gasteiger partial charge in [-0.2, -0.15) is 5.26 Å². The number of halogens is 4. The van der Waals surface area contributed by atoms with Crippen LogP contribution in [-0.4, -0.2) is 0 Å². The van der Waals surface area contributed by atoms with Crippen molar-refractivity contribution in [2.45, 2.75) is 6.92 Å². The Morgan fingerprint density at radius 3 is 2.15 bits per heavy atom. The molecule has 0 unspecified atom stereocenters. The number of hydrogen-bond donors (Lipinski definition) is 0. The van der Waals surface area contributed by atoms with Gasteiger partial charge < -0.3 is 0 Å². The fourth-order valence-corrected chi connectivity index (χ4v) is 1.78. The van der Waals surface area contributed by atoms with E-state index in [0.29, 0.717) is 0 Å². The Hall–Kier alpha value is -0.470. The molecule has 0 saturated heterocycles. The van der Waals surface area contributed by atoms with E-state index in [1.54, 1.807) is 6.07 Å². The average molecular weight is 311 g/mol. The summed E-state index contributed by atoms with van der Waals surface area (Å²) in [5.41, 5.74) is 0.0237. The lowest BCUT2D eigenvalue weighted by molar-refractivity contribution is 0.562. The van der Waals surface area contributed by atoms with Crippen molar-refractivity contribution < 1.29 is 8.78 Å². The molecule has 0 fully saturated rings. The van der Waals surface area contributed by atoms with Crippen molar-refractivity contribution in [3.05, 3.63) is 31.7 Å². The highest BCUT2D eigenvalue weighted by Crippen LogP contribution is 2.32. The molecule has 0 aliphatic rings. The summed E-state index contributed by atoms with van der Waals surface area (Å²) in [7, 11) is 0. The van der Waals surface area contributed by atoms with Crippen molar-refractivity contribution in [2.24, 2.45) is 0 Å². The molecule has 1 nitrogen and oxygen atoms in total. The van der Waals surface area contributed by atoms with E-state index >= 15 is 0 Å². The molecule has 0 saturated carbocycles. The number of nitrogens with zero attached hydrogens (tertiary/aromatic N) is 1. The summed E-state index contributed by atoms with van der Waals surface area (Å²) >= 11 is 5.69. The van der Waals surface area contributed by atoms with Crippen LogP contribution in [0.4, 0.5) is 8.78 Å². The predicted molar refractivity (Wildman–Crippen MR) is 51.2 cm³/mol. The van der Waals surface area contributed by atoms with E-state index in [2.05, 4.69) is 31.9 Å². The van der Waals surface area contributed by atoms with Gasteiger partial charge in [0.15, 0.2) is 5.82 Å². The Labute approximate surface area is 90.6 Å². The second-order valence-electron chi connectivity index (χ2n) is 2.37. The molecule has 1 rings (SSSR count). The van der Waals surface area contributed by atoms with Gasteiger partial charge >= 0.3 is 0 Å². The lowest BCUT2D eigenvalue weighted by atomic mass is 10.1. The molecule has 0 N–H and O–H groups in total. The molecular weight excluding hydrogens is 308 g/mol. The van der Waals surface area contributed by atoms with Gasteiger partial charge in [-0.25, -0.2) is 8.78 Å². The van der Waals surface area contributed by atoms with Crippen LogP contribution in [0.2, 0.25) is 0 Å². The van der Waals surface area contributed by atoms with Gasteiger partial charge in [-0.3, -0.25) is 0 Å². The van der Waals surface area contributed by atoms with Crippen LogP contribution >= 0.6 is 31.9 Å². The number of benzene rings is 1. The Morgan fingerprint density at radius 1 is 1.15 bits per heavy atom. The lowest BCUT2D eigenvalue weighted by Crippen LogP contribution is -1.96. The third kappa shape index (κ3) is 1.61. The molecule has 0 aliphatic heterocycles. The van der Waals surface area contributed by atoms with Gasteiger partial charge in [0, 0.05) is 10.0 Å². The number of rotatable bonds is 0. The molecule has 5 heteroatoms. The van der Waals surface area contributed by atoms with Crippen molar-refractivity contribution in [3.63, 3.8) is 0 Å². The SMILES string of the molecule is Cc1c(F)c(Br)c(F)c(C#N)c1Br. The van der Waals surface area contributed by atoms with Crippen LogP contribution in [0.1, 0.15) is 11.1 Å². The Balaban J connectivity index is 3.69. The summed E-state index contributed by atoms with van der Waals surface area (Å²) in [5.74, 6) is -1.57. The lowest BCUT2D eigenvalue weighted by Gasteiger charge is -2.06. The van der Waals surface area contributed by atoms with Crippen LogP contribution < -0.4 is 0 Å². The summed E-state index contributed by atoms with van der Waals surface area (Å²) < 4.78 is 26.2. The second kappa shape index (κ2) is 3.72. The molecule has 0 amide bonds. The number of nitriles is 1. The normalized spacial score (nSPS) is 9.85. The maximum atomic E-state index is 13.2. The minimum absolute atomic E-state index is 0.160. The first-order valence-electron chi connectivity index (χ1n) is 3.23. The molecule has 0 radical (unpaired) electrons. The van der Waals surface area contributed by atoms with Crippen molar-refractivity contribution in [2.75, 3.05) is 0 Å². The van der Waals surface area contributed by atoms with E-state index in [1.165, 1.54) is 6.92 Å². The summed E-state index contributed by atoms with van der Waals surface area (Å²) in [4.78, 5) is 0. The van der Waals surface area contributed by atoms with E-state index in [0.717, 1.165) is 0 Å². The molecule has 0 aliphatic carbocycles. The van der Waals surface area contributed by atoms with Crippen molar-refractivity contribution in [1.82, 2.24) is 0 Å². The van der Waals surface area contributed by atoms with Gasteiger partial charge in [0.1, 0.15) is 17.4 Å². The molecule has 1 aromatic rings. The van der Waals surface area contributed by atoms with Crippen LogP contribution in [-0.2, 0) is 0 Å². The highest BCUT2D eigenvalue weighted by molar-refractivity contribution is 9.11. The summed E-state index contributed by atoms with van der Waals surface area (Å²) in [6.07, 6.45) is 0. The first-order valence-corrected chi connectivity index (χ1v) is 4.82. The fourth-order valence-electron chi connectivity index (χ4n) is 0.849. The number of hydrogen-bond acceptors (Lipinski definition) is 1. The molecular formula is C8H3Br2F2N. The van der Waals surface area contributed by atoms with E-state index in [9.17, 15) is 8.78 Å². The fraction of sp³-hybridized carbons (Fsp3) is 0.125. The van der Waals surface area contributed by atoms with Gasteiger partial charge in [0.05, 0.1) is 4.47 Å². The van der Waals surface area contributed by atoms with Crippen molar-refractivity contribution in [3.8, 4) is 6.07 Å². The molecule has 68 valence electrons. The van der Waals surface area contributed by atoms with E-state index < -0.39 is 11.6 Å². The van der Waals surface area contributed by atoms with Crippen LogP contribution in [0.5, 0.6) is 0 Å². The van der Waals surface area contributed by atoms with Crippen molar-refractivity contribution >= 4 is 31.9 Å². The standard InChI is InChI=1S/C8H3Br2F2N/c1-3-5(9)4(2-13)8(12)6(10)7(3)11/h1H3. The van der Waals surface area contributed by atoms with Gasteiger partial charge in [0.25, 0.3) is 0 Å². The summed E-state index contributed by atoms with van der Waals surface area (Å²) in [6.45, 7) is 1.46.